The Morgan fingerprint density at radius 2 is 1.89 bits per heavy atom. The fourth-order valence-corrected chi connectivity index (χ4v) is 3.43. The Labute approximate surface area is 169 Å². The Morgan fingerprint density at radius 1 is 1.18 bits per heavy atom. The molecule has 3 rings (SSSR count). The first-order valence-electron chi connectivity index (χ1n) is 9.32. The van der Waals surface area contributed by atoms with Gasteiger partial charge in [0.2, 0.25) is 0 Å². The molecule has 0 radical (unpaired) electrons. The van der Waals surface area contributed by atoms with Gasteiger partial charge in [-0.25, -0.2) is 4.98 Å². The smallest absolute Gasteiger partial charge is 0.271 e. The van der Waals surface area contributed by atoms with E-state index in [1.54, 1.807) is 51.4 Å². The number of aryl methyl sites for hydroxylation is 1. The molecule has 7 heteroatoms. The second-order valence-corrected chi connectivity index (χ2v) is 7.56. The molecule has 148 valence electrons. The molecular formula is C21H24ClN3O3. The fourth-order valence-electron chi connectivity index (χ4n) is 3.21. The first kappa shape index (κ1) is 20.1. The number of halogens is 1. The predicted octanol–water partition coefficient (Wildman–Crippen LogP) is 4.32. The number of carbonyl (C=O) groups is 2. The molecular weight excluding hydrogens is 378 g/mol. The van der Waals surface area contributed by atoms with E-state index in [1.165, 1.54) is 17.7 Å². The number of carbonyl (C=O) groups excluding carboxylic acids is 2. The van der Waals surface area contributed by atoms with Gasteiger partial charge in [-0.2, -0.15) is 0 Å². The van der Waals surface area contributed by atoms with E-state index >= 15 is 0 Å². The maximum Gasteiger partial charge on any atom is 0.271 e. The lowest BCUT2D eigenvalue weighted by Gasteiger charge is -2.15. The van der Waals surface area contributed by atoms with Crippen molar-refractivity contribution in [1.82, 2.24) is 9.88 Å². The molecule has 1 aromatic heterocycles. The summed E-state index contributed by atoms with van der Waals surface area (Å²) in [6, 6.07) is 8.38. The molecule has 1 heterocycles. The van der Waals surface area contributed by atoms with E-state index in [0.717, 1.165) is 12.8 Å². The van der Waals surface area contributed by atoms with Gasteiger partial charge in [0.15, 0.2) is 0 Å². The van der Waals surface area contributed by atoms with Crippen molar-refractivity contribution in [3.8, 4) is 5.75 Å². The summed E-state index contributed by atoms with van der Waals surface area (Å²) in [5.41, 5.74) is 1.76. The number of hydrogen-bond donors (Lipinski definition) is 1. The van der Waals surface area contributed by atoms with Gasteiger partial charge in [-0.1, -0.05) is 11.6 Å². The summed E-state index contributed by atoms with van der Waals surface area (Å²) < 4.78 is 5.93. The maximum absolute atomic E-state index is 12.6. The molecule has 0 spiro atoms. The van der Waals surface area contributed by atoms with Gasteiger partial charge in [0, 0.05) is 19.8 Å². The number of aromatic nitrogens is 1. The van der Waals surface area contributed by atoms with Gasteiger partial charge in [-0.3, -0.25) is 9.59 Å². The predicted molar refractivity (Wildman–Crippen MR) is 109 cm³/mol. The topological polar surface area (TPSA) is 71.5 Å². The van der Waals surface area contributed by atoms with Gasteiger partial charge in [-0.05, 0) is 62.9 Å². The van der Waals surface area contributed by atoms with Gasteiger partial charge in [0.25, 0.3) is 11.8 Å². The minimum Gasteiger partial charge on any atom is -0.489 e. The number of amides is 2. The lowest BCUT2D eigenvalue weighted by atomic mass is 10.1. The number of benzene rings is 1. The Hall–Kier alpha value is -2.60. The lowest BCUT2D eigenvalue weighted by molar-refractivity contribution is 0.0821. The Morgan fingerprint density at radius 3 is 2.50 bits per heavy atom. The molecule has 0 unspecified atom stereocenters. The summed E-state index contributed by atoms with van der Waals surface area (Å²) in [5.74, 6) is 0.116. The van der Waals surface area contributed by atoms with Gasteiger partial charge < -0.3 is 15.0 Å². The van der Waals surface area contributed by atoms with Crippen LogP contribution in [0.25, 0.3) is 0 Å². The van der Waals surface area contributed by atoms with E-state index in [9.17, 15) is 9.59 Å². The fraction of sp³-hybridized carbons (Fsp3) is 0.381. The summed E-state index contributed by atoms with van der Waals surface area (Å²) in [6.45, 7) is 1.70. The van der Waals surface area contributed by atoms with Crippen LogP contribution in [-0.2, 0) is 0 Å². The molecule has 0 bridgehead atoms. The summed E-state index contributed by atoms with van der Waals surface area (Å²) in [5, 5.41) is 3.28. The van der Waals surface area contributed by atoms with Crippen LogP contribution in [0.5, 0.6) is 5.75 Å². The Balaban J connectivity index is 1.70. The zero-order chi connectivity index (χ0) is 20.3. The molecule has 1 aromatic carbocycles. The highest BCUT2D eigenvalue weighted by Crippen LogP contribution is 2.32. The quantitative estimate of drug-likeness (QED) is 0.809. The molecule has 1 aliphatic carbocycles. The summed E-state index contributed by atoms with van der Waals surface area (Å²) in [4.78, 5) is 30.3. The van der Waals surface area contributed by atoms with Crippen molar-refractivity contribution in [3.05, 3.63) is 52.3 Å². The third-order valence-corrected chi connectivity index (χ3v) is 5.04. The van der Waals surface area contributed by atoms with Crippen molar-refractivity contribution >= 4 is 29.1 Å². The van der Waals surface area contributed by atoms with Gasteiger partial charge in [-0.15, -0.1) is 0 Å². The highest BCUT2D eigenvalue weighted by molar-refractivity contribution is 6.32. The van der Waals surface area contributed by atoms with Crippen LogP contribution in [-0.4, -0.2) is 41.9 Å². The molecule has 6 nitrogen and oxygen atoms in total. The van der Waals surface area contributed by atoms with E-state index in [4.69, 9.17) is 16.3 Å². The van der Waals surface area contributed by atoms with Crippen molar-refractivity contribution in [1.29, 1.82) is 0 Å². The van der Waals surface area contributed by atoms with E-state index in [2.05, 4.69) is 10.3 Å². The monoisotopic (exact) mass is 401 g/mol. The third kappa shape index (κ3) is 4.62. The van der Waals surface area contributed by atoms with Crippen molar-refractivity contribution in [2.75, 3.05) is 19.4 Å². The van der Waals surface area contributed by atoms with Crippen LogP contribution in [0.3, 0.4) is 0 Å². The lowest BCUT2D eigenvalue weighted by Crippen LogP contribution is -2.23. The number of hydrogen-bond acceptors (Lipinski definition) is 4. The molecule has 2 aromatic rings. The van der Waals surface area contributed by atoms with Crippen LogP contribution in [0.15, 0.2) is 30.3 Å². The molecule has 1 fully saturated rings. The number of anilines is 1. The standard InChI is InChI=1S/C21H24ClN3O3/c1-13-16(9-10-18(23-13)21(27)25(2)3)20(26)24-14-8-11-19(17(22)12-14)28-15-6-4-5-7-15/h8-12,15H,4-7H2,1-3H3,(H,24,26). The normalized spacial score (nSPS) is 14.0. The van der Waals surface area contributed by atoms with Crippen LogP contribution >= 0.6 is 11.6 Å². The Kier molecular flexibility index (Phi) is 6.19. The van der Waals surface area contributed by atoms with Gasteiger partial charge in [0.1, 0.15) is 11.4 Å². The second kappa shape index (κ2) is 8.61. The third-order valence-electron chi connectivity index (χ3n) is 4.74. The SMILES string of the molecule is Cc1nc(C(=O)N(C)C)ccc1C(=O)Nc1ccc(OC2CCCC2)c(Cl)c1. The second-order valence-electron chi connectivity index (χ2n) is 7.15. The molecule has 1 aliphatic rings. The van der Waals surface area contributed by atoms with Gasteiger partial charge in [0.05, 0.1) is 22.4 Å². The molecule has 28 heavy (non-hydrogen) atoms. The molecule has 2 amide bonds. The minimum atomic E-state index is -0.311. The van der Waals surface area contributed by atoms with E-state index in [-0.39, 0.29) is 17.9 Å². The number of rotatable bonds is 5. The molecule has 0 saturated heterocycles. The van der Waals surface area contributed by atoms with Crippen LogP contribution < -0.4 is 10.1 Å². The van der Waals surface area contributed by atoms with E-state index < -0.39 is 0 Å². The minimum absolute atomic E-state index is 0.209. The van der Waals surface area contributed by atoms with Crippen molar-refractivity contribution in [2.45, 2.75) is 38.7 Å². The highest BCUT2D eigenvalue weighted by Gasteiger charge is 2.19. The van der Waals surface area contributed by atoms with E-state index in [0.29, 0.717) is 33.4 Å². The van der Waals surface area contributed by atoms with Crippen LogP contribution in [0, 0.1) is 6.92 Å². The van der Waals surface area contributed by atoms with Crippen molar-refractivity contribution < 1.29 is 14.3 Å². The zero-order valence-corrected chi connectivity index (χ0v) is 17.0. The zero-order valence-electron chi connectivity index (χ0n) is 16.3. The number of ether oxygens (including phenoxy) is 1. The maximum atomic E-state index is 12.6. The number of pyridine rings is 1. The van der Waals surface area contributed by atoms with Crippen LogP contribution in [0.4, 0.5) is 5.69 Å². The Bertz CT molecular complexity index is 892. The molecule has 0 aliphatic heterocycles. The first-order chi connectivity index (χ1) is 13.3. The van der Waals surface area contributed by atoms with Crippen molar-refractivity contribution in [2.24, 2.45) is 0 Å². The average molecular weight is 402 g/mol. The molecule has 1 saturated carbocycles. The molecule has 0 atom stereocenters. The summed E-state index contributed by atoms with van der Waals surface area (Å²) >= 11 is 6.32. The average Bonchev–Trinajstić information content (AvgIpc) is 3.16. The number of nitrogens with one attached hydrogen (secondary N) is 1. The van der Waals surface area contributed by atoms with Crippen molar-refractivity contribution in [3.63, 3.8) is 0 Å². The largest absolute Gasteiger partial charge is 0.489 e. The van der Waals surface area contributed by atoms with Crippen LogP contribution in [0.1, 0.15) is 52.2 Å². The van der Waals surface area contributed by atoms with Crippen LogP contribution in [0.2, 0.25) is 5.02 Å². The van der Waals surface area contributed by atoms with Gasteiger partial charge >= 0.3 is 0 Å². The highest BCUT2D eigenvalue weighted by atomic mass is 35.5. The molecule has 1 N–H and O–H groups in total. The number of nitrogens with zero attached hydrogens (tertiary/aromatic N) is 2. The summed E-state index contributed by atoms with van der Waals surface area (Å²) in [7, 11) is 3.31. The van der Waals surface area contributed by atoms with E-state index in [1.807, 2.05) is 0 Å². The first-order valence-corrected chi connectivity index (χ1v) is 9.70. The summed E-state index contributed by atoms with van der Waals surface area (Å²) in [6.07, 6.45) is 4.68.